The van der Waals surface area contributed by atoms with Crippen molar-refractivity contribution in [3.63, 3.8) is 0 Å². The fraction of sp³-hybridized carbons (Fsp3) is 0.731. The summed E-state index contributed by atoms with van der Waals surface area (Å²) in [6, 6.07) is 8.51. The van der Waals surface area contributed by atoms with Crippen LogP contribution in [0.25, 0.3) is 0 Å². The number of benzene rings is 1. The summed E-state index contributed by atoms with van der Waals surface area (Å²) >= 11 is 0. The fourth-order valence-corrected chi connectivity index (χ4v) is 3.75. The van der Waals surface area contributed by atoms with Crippen molar-refractivity contribution in [1.29, 1.82) is 0 Å². The zero-order valence-electron chi connectivity index (χ0n) is 18.2. The predicted molar refractivity (Wildman–Crippen MR) is 121 cm³/mol. The molecule has 0 bridgehead atoms. The molecule has 0 aliphatic carbocycles. The molecule has 1 radical (unpaired) electrons. The number of hydrogen-bond acceptors (Lipinski definition) is 1. The lowest BCUT2D eigenvalue weighted by molar-refractivity contribution is 0.361. The van der Waals surface area contributed by atoms with Crippen molar-refractivity contribution in [2.24, 2.45) is 0 Å². The Hall–Kier alpha value is -0.980. The minimum absolute atomic E-state index is 0.498. The molecule has 0 aromatic heterocycles. The van der Waals surface area contributed by atoms with Crippen molar-refractivity contribution in [2.75, 3.05) is 6.61 Å². The predicted octanol–water partition coefficient (Wildman–Crippen LogP) is 8.70. The molecule has 0 aliphatic heterocycles. The van der Waals surface area contributed by atoms with Crippen LogP contribution in [0.1, 0.15) is 115 Å². The Morgan fingerprint density at radius 2 is 1.00 bits per heavy atom. The molecule has 0 N–H and O–H groups in total. The number of aryl methyl sites for hydroxylation is 1. The van der Waals surface area contributed by atoms with Gasteiger partial charge in [0.15, 0.2) is 0 Å². The van der Waals surface area contributed by atoms with E-state index in [1.165, 1.54) is 115 Å². The Morgan fingerprint density at radius 1 is 0.593 bits per heavy atom. The first kappa shape index (κ1) is 24.1. The van der Waals surface area contributed by atoms with Gasteiger partial charge in [-0.1, -0.05) is 115 Å². The molecule has 0 saturated heterocycles. The van der Waals surface area contributed by atoms with Gasteiger partial charge in [0.25, 0.3) is 0 Å². The van der Waals surface area contributed by atoms with Gasteiger partial charge in [-0.2, -0.15) is 0 Å². The monoisotopic (exact) mass is 373 g/mol. The molecule has 0 unspecified atom stereocenters. The van der Waals surface area contributed by atoms with Crippen molar-refractivity contribution >= 4 is 0 Å². The third kappa shape index (κ3) is 14.7. The van der Waals surface area contributed by atoms with Crippen LogP contribution in [0, 0.1) is 6.92 Å². The van der Waals surface area contributed by atoms with Gasteiger partial charge in [-0.25, -0.2) is 0 Å². The summed E-state index contributed by atoms with van der Waals surface area (Å²) in [7, 11) is 0. The van der Waals surface area contributed by atoms with Gasteiger partial charge in [0.1, 0.15) is 5.75 Å². The van der Waals surface area contributed by atoms with Crippen LogP contribution in [0.2, 0.25) is 0 Å². The van der Waals surface area contributed by atoms with Gasteiger partial charge in [-0.05, 0) is 37.5 Å². The normalized spacial score (nSPS) is 11.0. The average molecular weight is 374 g/mol. The molecule has 1 heteroatoms. The molecule has 0 saturated carbocycles. The van der Waals surface area contributed by atoms with Gasteiger partial charge in [0.2, 0.25) is 0 Å². The molecule has 1 rings (SSSR count). The standard InChI is InChI=1S/C26H45O/c1-3-5-6-7-8-9-10-11-12-13-14-15-16-17-18-19-20-25-21-23-26(24-22-25)27-4-2/h21-24H,2-20H2,1H3. The van der Waals surface area contributed by atoms with Crippen LogP contribution in [-0.4, -0.2) is 6.61 Å². The van der Waals surface area contributed by atoms with E-state index >= 15 is 0 Å². The maximum Gasteiger partial charge on any atom is 0.119 e. The van der Waals surface area contributed by atoms with Crippen molar-refractivity contribution in [3.8, 4) is 5.75 Å². The van der Waals surface area contributed by atoms with E-state index in [1.807, 2.05) is 0 Å². The lowest BCUT2D eigenvalue weighted by Crippen LogP contribution is -1.92. The molecule has 0 atom stereocenters. The van der Waals surface area contributed by atoms with Crippen LogP contribution in [0.5, 0.6) is 5.75 Å². The van der Waals surface area contributed by atoms with E-state index in [0.717, 1.165) is 5.75 Å². The van der Waals surface area contributed by atoms with Crippen LogP contribution in [0.3, 0.4) is 0 Å². The second-order valence-electron chi connectivity index (χ2n) is 8.05. The molecular formula is C26H45O. The van der Waals surface area contributed by atoms with Crippen molar-refractivity contribution in [1.82, 2.24) is 0 Å². The van der Waals surface area contributed by atoms with Crippen LogP contribution in [0.15, 0.2) is 24.3 Å². The van der Waals surface area contributed by atoms with Gasteiger partial charge >= 0.3 is 0 Å². The van der Waals surface area contributed by atoms with Gasteiger partial charge in [-0.3, -0.25) is 0 Å². The van der Waals surface area contributed by atoms with Crippen molar-refractivity contribution < 1.29 is 4.74 Å². The quantitative estimate of drug-likeness (QED) is 0.220. The van der Waals surface area contributed by atoms with Crippen molar-refractivity contribution in [3.05, 3.63) is 36.8 Å². The Labute approximate surface area is 170 Å². The van der Waals surface area contributed by atoms with Gasteiger partial charge < -0.3 is 4.74 Å². The second-order valence-corrected chi connectivity index (χ2v) is 8.05. The number of ether oxygens (including phenoxy) is 1. The van der Waals surface area contributed by atoms with E-state index in [-0.39, 0.29) is 0 Å². The molecule has 0 spiro atoms. The Balaban J connectivity index is 1.79. The molecule has 27 heavy (non-hydrogen) atoms. The molecule has 1 aromatic carbocycles. The zero-order chi connectivity index (χ0) is 19.4. The van der Waals surface area contributed by atoms with Crippen LogP contribution in [0.4, 0.5) is 0 Å². The first-order valence-electron chi connectivity index (χ1n) is 11.9. The first-order valence-corrected chi connectivity index (χ1v) is 11.9. The number of rotatable bonds is 19. The Bertz CT molecular complexity index is 409. The third-order valence-corrected chi connectivity index (χ3v) is 5.51. The minimum Gasteiger partial charge on any atom is -0.494 e. The molecule has 155 valence electrons. The smallest absolute Gasteiger partial charge is 0.119 e. The summed E-state index contributed by atoms with van der Waals surface area (Å²) in [6.45, 7) is 6.50. The summed E-state index contributed by atoms with van der Waals surface area (Å²) in [5.41, 5.74) is 1.43. The van der Waals surface area contributed by atoms with Gasteiger partial charge in [0.05, 0.1) is 6.61 Å². The maximum atomic E-state index is 5.38. The molecule has 1 aromatic rings. The molecule has 1 nitrogen and oxygen atoms in total. The third-order valence-electron chi connectivity index (χ3n) is 5.51. The Kier molecular flexibility index (Phi) is 16.4. The summed E-state index contributed by atoms with van der Waals surface area (Å²) in [5, 5.41) is 0. The molecule has 0 aliphatic rings. The summed E-state index contributed by atoms with van der Waals surface area (Å²) in [5.74, 6) is 0.931. The van der Waals surface area contributed by atoms with Crippen LogP contribution in [-0.2, 0) is 6.42 Å². The van der Waals surface area contributed by atoms with Gasteiger partial charge in [-0.15, -0.1) is 0 Å². The highest BCUT2D eigenvalue weighted by Gasteiger charge is 1.97. The average Bonchev–Trinajstić information content (AvgIpc) is 2.69. The lowest BCUT2D eigenvalue weighted by Gasteiger charge is -2.05. The molecule has 0 heterocycles. The van der Waals surface area contributed by atoms with E-state index in [1.54, 1.807) is 0 Å². The summed E-state index contributed by atoms with van der Waals surface area (Å²) in [4.78, 5) is 0. The van der Waals surface area contributed by atoms with E-state index < -0.39 is 0 Å². The zero-order valence-corrected chi connectivity index (χ0v) is 18.2. The number of hydrogen-bond donors (Lipinski definition) is 0. The number of unbranched alkanes of at least 4 members (excludes halogenated alkanes) is 15. The highest BCUT2D eigenvalue weighted by atomic mass is 16.5. The maximum absolute atomic E-state index is 5.38. The largest absolute Gasteiger partial charge is 0.494 e. The van der Waals surface area contributed by atoms with E-state index in [9.17, 15) is 0 Å². The molecule has 0 amide bonds. The summed E-state index contributed by atoms with van der Waals surface area (Å²) in [6.07, 6.45) is 24.1. The van der Waals surface area contributed by atoms with Gasteiger partial charge in [0, 0.05) is 0 Å². The SMILES string of the molecule is [CH2]COc1ccc(CCCCCCCCCCCCCCCCCC)cc1. The summed E-state index contributed by atoms with van der Waals surface area (Å²) < 4.78 is 5.38. The van der Waals surface area contributed by atoms with Crippen LogP contribution >= 0.6 is 0 Å². The molecule has 0 fully saturated rings. The minimum atomic E-state index is 0.498. The van der Waals surface area contributed by atoms with Crippen molar-refractivity contribution in [2.45, 2.75) is 116 Å². The Morgan fingerprint density at radius 3 is 1.41 bits per heavy atom. The lowest BCUT2D eigenvalue weighted by atomic mass is 10.0. The van der Waals surface area contributed by atoms with E-state index in [4.69, 9.17) is 4.74 Å². The second kappa shape index (κ2) is 18.4. The molecular weight excluding hydrogens is 328 g/mol. The highest BCUT2D eigenvalue weighted by molar-refractivity contribution is 5.27. The fourth-order valence-electron chi connectivity index (χ4n) is 3.75. The highest BCUT2D eigenvalue weighted by Crippen LogP contribution is 2.16. The van der Waals surface area contributed by atoms with Crippen LogP contribution < -0.4 is 4.74 Å². The van der Waals surface area contributed by atoms with E-state index in [0.29, 0.717) is 6.61 Å². The first-order chi connectivity index (χ1) is 13.4. The van der Waals surface area contributed by atoms with E-state index in [2.05, 4.69) is 38.1 Å². The topological polar surface area (TPSA) is 9.23 Å².